The molecule has 1 atom stereocenters. The molecule has 3 aromatic rings. The van der Waals surface area contributed by atoms with E-state index < -0.39 is 5.67 Å². The Morgan fingerprint density at radius 3 is 2.96 bits per heavy atom. The number of carbonyl (C=O) groups excluding carboxylic acids is 1. The second-order valence-corrected chi connectivity index (χ2v) is 7.68. The van der Waals surface area contributed by atoms with E-state index in [1.54, 1.807) is 18.0 Å². The summed E-state index contributed by atoms with van der Waals surface area (Å²) in [4.78, 5) is 28.1. The Morgan fingerprint density at radius 1 is 1.31 bits per heavy atom. The molecular weight excluding hydrogens is 335 g/mol. The number of fused-ring (bicyclic) bond motifs is 3. The molecule has 1 N–H and O–H groups in total. The minimum Gasteiger partial charge on any atom is -0.345 e. The van der Waals surface area contributed by atoms with Crippen molar-refractivity contribution in [1.29, 1.82) is 0 Å². The number of nitrogens with zero attached hydrogens (tertiary/aromatic N) is 5. The molecular formula is C18H21FN6O. The molecule has 2 fully saturated rings. The number of hydrogen-bond donors (Lipinski definition) is 1. The van der Waals surface area contributed by atoms with Crippen molar-refractivity contribution < 1.29 is 9.18 Å². The summed E-state index contributed by atoms with van der Waals surface area (Å²) in [5.41, 5.74) is 2.49. The summed E-state index contributed by atoms with van der Waals surface area (Å²) in [5.74, 6) is 0.209. The van der Waals surface area contributed by atoms with Gasteiger partial charge in [0.1, 0.15) is 5.67 Å². The van der Waals surface area contributed by atoms with Gasteiger partial charge in [0.05, 0.1) is 24.8 Å². The molecule has 3 aromatic heterocycles. The number of amides is 2. The summed E-state index contributed by atoms with van der Waals surface area (Å²) in [5, 5.41) is 0. The lowest BCUT2D eigenvalue weighted by molar-refractivity contribution is -0.00340. The predicted octanol–water partition coefficient (Wildman–Crippen LogP) is 2.55. The van der Waals surface area contributed by atoms with Gasteiger partial charge in [-0.2, -0.15) is 0 Å². The number of H-pyrrole nitrogens is 1. The highest BCUT2D eigenvalue weighted by molar-refractivity contribution is 5.76. The Hall–Kier alpha value is -2.64. The second kappa shape index (κ2) is 5.43. The van der Waals surface area contributed by atoms with Crippen LogP contribution in [0.4, 0.5) is 9.18 Å². The van der Waals surface area contributed by atoms with E-state index in [-0.39, 0.29) is 25.0 Å². The molecule has 7 nitrogen and oxygen atoms in total. The van der Waals surface area contributed by atoms with Crippen LogP contribution in [0.3, 0.4) is 0 Å². The quantitative estimate of drug-likeness (QED) is 0.728. The number of urea groups is 1. The minimum atomic E-state index is -1.24. The highest BCUT2D eigenvalue weighted by atomic mass is 19.1. The molecule has 2 amide bonds. The molecule has 2 aliphatic rings. The lowest BCUT2D eigenvalue weighted by Gasteiger charge is -2.45. The first kappa shape index (κ1) is 15.6. The van der Waals surface area contributed by atoms with Gasteiger partial charge in [0, 0.05) is 37.1 Å². The number of rotatable bonds is 1. The Labute approximate surface area is 149 Å². The van der Waals surface area contributed by atoms with Crippen LogP contribution in [0, 0.1) is 0 Å². The summed E-state index contributed by atoms with van der Waals surface area (Å²) in [7, 11) is 0. The van der Waals surface area contributed by atoms with E-state index in [2.05, 4.69) is 19.4 Å². The minimum absolute atomic E-state index is 0.0490. The van der Waals surface area contributed by atoms with Crippen molar-refractivity contribution in [2.75, 3.05) is 26.2 Å². The third-order valence-corrected chi connectivity index (χ3v) is 5.49. The molecule has 0 bridgehead atoms. The summed E-state index contributed by atoms with van der Waals surface area (Å²) < 4.78 is 15.9. The van der Waals surface area contributed by atoms with E-state index in [4.69, 9.17) is 0 Å². The van der Waals surface area contributed by atoms with Crippen molar-refractivity contribution in [2.24, 2.45) is 0 Å². The number of likely N-dealkylation sites (tertiary alicyclic amines) is 2. The van der Waals surface area contributed by atoms with Gasteiger partial charge in [-0.3, -0.25) is 4.40 Å². The summed E-state index contributed by atoms with van der Waals surface area (Å²) in [6.07, 6.45) is 7.47. The van der Waals surface area contributed by atoms with E-state index in [1.807, 2.05) is 23.4 Å². The van der Waals surface area contributed by atoms with Crippen LogP contribution in [-0.2, 0) is 0 Å². The van der Waals surface area contributed by atoms with Crippen LogP contribution >= 0.6 is 0 Å². The molecule has 136 valence electrons. The number of imidazole rings is 1. The SMILES string of the molecule is CC1(F)CN(C(=O)N2CCC[C@@H](c3cnc4cnc5[nH]ccc5n34)C2)C1. The molecule has 2 saturated heterocycles. The van der Waals surface area contributed by atoms with Crippen LogP contribution < -0.4 is 0 Å². The Balaban J connectivity index is 1.43. The van der Waals surface area contributed by atoms with Crippen molar-refractivity contribution in [3.8, 4) is 0 Å². The lowest BCUT2D eigenvalue weighted by Crippen LogP contribution is -2.62. The maximum absolute atomic E-state index is 13.7. The molecule has 5 rings (SSSR count). The fourth-order valence-electron chi connectivity index (χ4n) is 4.26. The smallest absolute Gasteiger partial charge is 0.320 e. The number of carbonyl (C=O) groups is 1. The Bertz CT molecular complexity index is 984. The van der Waals surface area contributed by atoms with Crippen molar-refractivity contribution in [3.05, 3.63) is 30.4 Å². The van der Waals surface area contributed by atoms with Crippen LogP contribution in [0.15, 0.2) is 24.7 Å². The van der Waals surface area contributed by atoms with Crippen LogP contribution in [0.5, 0.6) is 0 Å². The van der Waals surface area contributed by atoms with E-state index in [1.165, 1.54) is 0 Å². The molecule has 2 aliphatic heterocycles. The fourth-order valence-corrected chi connectivity index (χ4v) is 4.26. The monoisotopic (exact) mass is 356 g/mol. The van der Waals surface area contributed by atoms with Gasteiger partial charge in [-0.15, -0.1) is 0 Å². The Kier molecular flexibility index (Phi) is 3.26. The molecule has 0 radical (unpaired) electrons. The summed E-state index contributed by atoms with van der Waals surface area (Å²) in [6.45, 7) is 3.30. The zero-order valence-corrected chi connectivity index (χ0v) is 14.7. The van der Waals surface area contributed by atoms with E-state index >= 15 is 0 Å². The van der Waals surface area contributed by atoms with Crippen molar-refractivity contribution >= 4 is 22.8 Å². The van der Waals surface area contributed by atoms with Crippen LogP contribution in [0.25, 0.3) is 16.8 Å². The first-order chi connectivity index (χ1) is 12.5. The van der Waals surface area contributed by atoms with Crippen LogP contribution in [-0.4, -0.2) is 67.0 Å². The Morgan fingerprint density at radius 2 is 2.15 bits per heavy atom. The van der Waals surface area contributed by atoms with Gasteiger partial charge in [0.15, 0.2) is 11.3 Å². The molecule has 5 heterocycles. The fraction of sp³-hybridized carbons (Fsp3) is 0.500. The van der Waals surface area contributed by atoms with Gasteiger partial charge in [-0.25, -0.2) is 19.2 Å². The standard InChI is InChI=1S/C18H21FN6O/c1-18(19)10-24(11-18)17(26)23-6-2-3-12(9-23)14-7-21-15-8-22-16-13(25(14)15)4-5-20-16/h4-5,7-8,12,20H,2-3,6,9-11H2,1H3/t12-/m1/s1. The van der Waals surface area contributed by atoms with Crippen molar-refractivity contribution in [1.82, 2.24) is 29.2 Å². The van der Waals surface area contributed by atoms with Crippen LogP contribution in [0.1, 0.15) is 31.4 Å². The van der Waals surface area contributed by atoms with Crippen LogP contribution in [0.2, 0.25) is 0 Å². The van der Waals surface area contributed by atoms with Gasteiger partial charge < -0.3 is 14.8 Å². The zero-order chi connectivity index (χ0) is 17.9. The first-order valence-corrected chi connectivity index (χ1v) is 9.04. The largest absolute Gasteiger partial charge is 0.345 e. The van der Waals surface area contributed by atoms with E-state index in [9.17, 15) is 9.18 Å². The molecule has 0 unspecified atom stereocenters. The highest BCUT2D eigenvalue weighted by Gasteiger charge is 2.43. The third kappa shape index (κ3) is 2.35. The number of alkyl halides is 1. The maximum atomic E-state index is 13.7. The number of hydrogen-bond acceptors (Lipinski definition) is 3. The number of aromatic nitrogens is 4. The van der Waals surface area contributed by atoms with Gasteiger partial charge in [-0.1, -0.05) is 0 Å². The highest BCUT2D eigenvalue weighted by Crippen LogP contribution is 2.31. The first-order valence-electron chi connectivity index (χ1n) is 9.04. The number of aromatic amines is 1. The van der Waals surface area contributed by atoms with Gasteiger partial charge in [0.2, 0.25) is 0 Å². The third-order valence-electron chi connectivity index (χ3n) is 5.49. The van der Waals surface area contributed by atoms with E-state index in [0.717, 1.165) is 41.9 Å². The number of piperidine rings is 1. The number of nitrogens with one attached hydrogen (secondary N) is 1. The van der Waals surface area contributed by atoms with Crippen molar-refractivity contribution in [2.45, 2.75) is 31.4 Å². The normalized spacial score (nSPS) is 22.8. The molecule has 0 spiro atoms. The van der Waals surface area contributed by atoms with Gasteiger partial charge in [-0.05, 0) is 25.8 Å². The van der Waals surface area contributed by atoms with E-state index in [0.29, 0.717) is 6.54 Å². The maximum Gasteiger partial charge on any atom is 0.320 e. The summed E-state index contributed by atoms with van der Waals surface area (Å²) in [6, 6.07) is 1.95. The van der Waals surface area contributed by atoms with Crippen molar-refractivity contribution in [3.63, 3.8) is 0 Å². The topological polar surface area (TPSA) is 69.5 Å². The molecule has 26 heavy (non-hydrogen) atoms. The average molecular weight is 356 g/mol. The molecule has 0 saturated carbocycles. The van der Waals surface area contributed by atoms with Gasteiger partial charge in [0.25, 0.3) is 0 Å². The molecule has 0 aliphatic carbocycles. The summed E-state index contributed by atoms with van der Waals surface area (Å²) >= 11 is 0. The molecule has 0 aromatic carbocycles. The second-order valence-electron chi connectivity index (χ2n) is 7.68. The average Bonchev–Trinajstić information content (AvgIpc) is 3.24. The predicted molar refractivity (Wildman–Crippen MR) is 94.9 cm³/mol. The molecule has 8 heteroatoms. The zero-order valence-electron chi connectivity index (χ0n) is 14.7. The lowest BCUT2D eigenvalue weighted by atomic mass is 9.94. The number of halogens is 1. The van der Waals surface area contributed by atoms with Gasteiger partial charge >= 0.3 is 6.03 Å².